The van der Waals surface area contributed by atoms with Crippen LogP contribution in [-0.2, 0) is 9.53 Å². The first-order chi connectivity index (χ1) is 8.15. The minimum absolute atomic E-state index is 0.276. The maximum Gasteiger partial charge on any atom is 0.136 e. The van der Waals surface area contributed by atoms with Gasteiger partial charge in [0.05, 0.1) is 0 Å². The SMILES string of the molecule is CCCCOCCC1CC(C(C)C)CCC1=O. The van der Waals surface area contributed by atoms with Gasteiger partial charge in [0.15, 0.2) is 0 Å². The summed E-state index contributed by atoms with van der Waals surface area (Å²) in [6, 6.07) is 0. The molecule has 1 saturated carbocycles. The summed E-state index contributed by atoms with van der Waals surface area (Å²) in [5.74, 6) is 2.21. The Morgan fingerprint density at radius 2 is 2.12 bits per heavy atom. The van der Waals surface area contributed by atoms with E-state index in [0.717, 1.165) is 51.2 Å². The van der Waals surface area contributed by atoms with Crippen molar-refractivity contribution in [1.29, 1.82) is 0 Å². The van der Waals surface area contributed by atoms with Crippen LogP contribution in [0.5, 0.6) is 0 Å². The molecule has 0 bridgehead atoms. The average Bonchev–Trinajstić information content (AvgIpc) is 2.30. The van der Waals surface area contributed by atoms with E-state index in [9.17, 15) is 4.79 Å². The molecule has 0 aromatic rings. The van der Waals surface area contributed by atoms with Gasteiger partial charge in [-0.25, -0.2) is 0 Å². The molecule has 1 aliphatic carbocycles. The van der Waals surface area contributed by atoms with E-state index in [-0.39, 0.29) is 5.92 Å². The lowest BCUT2D eigenvalue weighted by molar-refractivity contribution is -0.126. The van der Waals surface area contributed by atoms with Gasteiger partial charge in [0.25, 0.3) is 0 Å². The summed E-state index contributed by atoms with van der Waals surface area (Å²) in [5, 5.41) is 0. The molecule has 2 nitrogen and oxygen atoms in total. The normalized spacial score (nSPS) is 25.5. The van der Waals surface area contributed by atoms with Gasteiger partial charge in [0.2, 0.25) is 0 Å². The van der Waals surface area contributed by atoms with Crippen LogP contribution in [0.4, 0.5) is 0 Å². The number of hydrogen-bond acceptors (Lipinski definition) is 2. The standard InChI is InChI=1S/C15H28O2/c1-4-5-9-17-10-8-14-11-13(12(2)3)6-7-15(14)16/h12-14H,4-11H2,1-3H3. The van der Waals surface area contributed by atoms with Crippen molar-refractivity contribution in [2.75, 3.05) is 13.2 Å². The molecule has 0 aliphatic heterocycles. The van der Waals surface area contributed by atoms with Gasteiger partial charge in [-0.05, 0) is 37.5 Å². The Balaban J connectivity index is 2.23. The smallest absolute Gasteiger partial charge is 0.136 e. The van der Waals surface area contributed by atoms with E-state index in [1.807, 2.05) is 0 Å². The molecular weight excluding hydrogens is 212 g/mol. The Morgan fingerprint density at radius 1 is 1.35 bits per heavy atom. The molecule has 2 unspecified atom stereocenters. The third kappa shape index (κ3) is 5.20. The molecule has 1 rings (SSSR count). The summed E-state index contributed by atoms with van der Waals surface area (Å²) >= 11 is 0. The molecule has 100 valence electrons. The van der Waals surface area contributed by atoms with Gasteiger partial charge in [0, 0.05) is 25.6 Å². The Labute approximate surface area is 106 Å². The second kappa shape index (κ2) is 7.86. The molecule has 0 aromatic carbocycles. The van der Waals surface area contributed by atoms with E-state index in [0.29, 0.717) is 11.7 Å². The maximum atomic E-state index is 11.8. The number of ether oxygens (including phenoxy) is 1. The molecule has 0 radical (unpaired) electrons. The lowest BCUT2D eigenvalue weighted by Crippen LogP contribution is -2.28. The van der Waals surface area contributed by atoms with Crippen molar-refractivity contribution in [1.82, 2.24) is 0 Å². The molecule has 0 aromatic heterocycles. The van der Waals surface area contributed by atoms with Crippen LogP contribution in [-0.4, -0.2) is 19.0 Å². The molecule has 0 amide bonds. The zero-order valence-corrected chi connectivity index (χ0v) is 11.7. The fourth-order valence-corrected chi connectivity index (χ4v) is 2.60. The Hall–Kier alpha value is -0.370. The van der Waals surface area contributed by atoms with Gasteiger partial charge < -0.3 is 4.74 Å². The summed E-state index contributed by atoms with van der Waals surface area (Å²) in [4.78, 5) is 11.8. The van der Waals surface area contributed by atoms with Crippen molar-refractivity contribution in [2.24, 2.45) is 17.8 Å². The molecule has 17 heavy (non-hydrogen) atoms. The van der Waals surface area contributed by atoms with E-state index in [4.69, 9.17) is 4.74 Å². The van der Waals surface area contributed by atoms with Crippen LogP contribution in [0.15, 0.2) is 0 Å². The summed E-state index contributed by atoms with van der Waals surface area (Å²) in [5.41, 5.74) is 0. The number of carbonyl (C=O) groups is 1. The molecule has 1 fully saturated rings. The third-order valence-electron chi connectivity index (χ3n) is 4.00. The summed E-state index contributed by atoms with van der Waals surface area (Å²) < 4.78 is 5.57. The van der Waals surface area contributed by atoms with E-state index in [2.05, 4.69) is 20.8 Å². The number of ketones is 1. The van der Waals surface area contributed by atoms with E-state index >= 15 is 0 Å². The first kappa shape index (κ1) is 14.7. The molecule has 2 atom stereocenters. The zero-order chi connectivity index (χ0) is 12.7. The monoisotopic (exact) mass is 240 g/mol. The Bertz CT molecular complexity index is 223. The highest BCUT2D eigenvalue weighted by molar-refractivity contribution is 5.81. The number of unbranched alkanes of at least 4 members (excludes halogenated alkanes) is 1. The quantitative estimate of drug-likeness (QED) is 0.632. The summed E-state index contributed by atoms with van der Waals surface area (Å²) in [6.07, 6.45) is 6.23. The fourth-order valence-electron chi connectivity index (χ4n) is 2.60. The van der Waals surface area contributed by atoms with Crippen molar-refractivity contribution >= 4 is 5.78 Å². The minimum atomic E-state index is 0.276. The first-order valence-electron chi connectivity index (χ1n) is 7.25. The van der Waals surface area contributed by atoms with Crippen molar-refractivity contribution in [2.45, 2.75) is 59.3 Å². The number of carbonyl (C=O) groups excluding carboxylic acids is 1. The van der Waals surface area contributed by atoms with Crippen LogP contribution in [0.25, 0.3) is 0 Å². The third-order valence-corrected chi connectivity index (χ3v) is 4.00. The Morgan fingerprint density at radius 3 is 2.76 bits per heavy atom. The van der Waals surface area contributed by atoms with Crippen LogP contribution < -0.4 is 0 Å². The lowest BCUT2D eigenvalue weighted by atomic mass is 9.74. The topological polar surface area (TPSA) is 26.3 Å². The highest BCUT2D eigenvalue weighted by Gasteiger charge is 2.29. The van der Waals surface area contributed by atoms with Crippen LogP contribution in [0, 0.1) is 17.8 Å². The maximum absolute atomic E-state index is 11.8. The van der Waals surface area contributed by atoms with E-state index in [1.165, 1.54) is 6.42 Å². The fraction of sp³-hybridized carbons (Fsp3) is 0.933. The molecule has 2 heteroatoms. The first-order valence-corrected chi connectivity index (χ1v) is 7.25. The van der Waals surface area contributed by atoms with Crippen molar-refractivity contribution in [3.05, 3.63) is 0 Å². The molecule has 0 spiro atoms. The van der Waals surface area contributed by atoms with Crippen molar-refractivity contribution < 1.29 is 9.53 Å². The van der Waals surface area contributed by atoms with Crippen LogP contribution >= 0.6 is 0 Å². The van der Waals surface area contributed by atoms with Gasteiger partial charge in [-0.3, -0.25) is 4.79 Å². The van der Waals surface area contributed by atoms with Crippen LogP contribution in [0.2, 0.25) is 0 Å². The number of hydrogen-bond donors (Lipinski definition) is 0. The predicted octanol–water partition coefficient (Wildman–Crippen LogP) is 3.83. The lowest BCUT2D eigenvalue weighted by Gasteiger charge is -2.30. The van der Waals surface area contributed by atoms with Gasteiger partial charge in [-0.15, -0.1) is 0 Å². The van der Waals surface area contributed by atoms with Crippen molar-refractivity contribution in [3.63, 3.8) is 0 Å². The van der Waals surface area contributed by atoms with Crippen LogP contribution in [0.1, 0.15) is 59.3 Å². The minimum Gasteiger partial charge on any atom is -0.381 e. The zero-order valence-electron chi connectivity index (χ0n) is 11.7. The van der Waals surface area contributed by atoms with Gasteiger partial charge in [-0.1, -0.05) is 27.2 Å². The van der Waals surface area contributed by atoms with Gasteiger partial charge in [-0.2, -0.15) is 0 Å². The van der Waals surface area contributed by atoms with E-state index < -0.39 is 0 Å². The Kier molecular flexibility index (Phi) is 6.79. The molecule has 0 N–H and O–H groups in total. The van der Waals surface area contributed by atoms with Crippen molar-refractivity contribution in [3.8, 4) is 0 Å². The summed E-state index contributed by atoms with van der Waals surface area (Å²) in [6.45, 7) is 8.33. The number of rotatable bonds is 7. The highest BCUT2D eigenvalue weighted by atomic mass is 16.5. The second-order valence-electron chi connectivity index (χ2n) is 5.70. The largest absolute Gasteiger partial charge is 0.381 e. The van der Waals surface area contributed by atoms with Crippen LogP contribution in [0.3, 0.4) is 0 Å². The second-order valence-corrected chi connectivity index (χ2v) is 5.70. The highest BCUT2D eigenvalue weighted by Crippen LogP contribution is 2.33. The molecule has 0 heterocycles. The van der Waals surface area contributed by atoms with E-state index in [1.54, 1.807) is 0 Å². The predicted molar refractivity (Wildman–Crippen MR) is 71.0 cm³/mol. The number of Topliss-reactive ketones (excluding diaryl/α,β-unsaturated/α-hetero) is 1. The van der Waals surface area contributed by atoms with Gasteiger partial charge >= 0.3 is 0 Å². The summed E-state index contributed by atoms with van der Waals surface area (Å²) in [7, 11) is 0. The van der Waals surface area contributed by atoms with Gasteiger partial charge in [0.1, 0.15) is 5.78 Å². The molecular formula is C15H28O2. The average molecular weight is 240 g/mol. The molecule has 1 aliphatic rings. The molecule has 0 saturated heterocycles.